The Bertz CT molecular complexity index is 1600. The van der Waals surface area contributed by atoms with Crippen molar-refractivity contribution in [1.82, 2.24) is 24.8 Å². The van der Waals surface area contributed by atoms with Crippen LogP contribution < -0.4 is 25.8 Å². The van der Waals surface area contributed by atoms with E-state index >= 15 is 4.39 Å². The molecule has 2 saturated heterocycles. The first kappa shape index (κ1) is 27.3. The molecule has 2 aromatic heterocycles. The van der Waals surface area contributed by atoms with Crippen molar-refractivity contribution in [2.45, 2.75) is 70.5 Å². The molecule has 1 saturated carbocycles. The number of piperidine rings is 1. The molecule has 0 radical (unpaired) electrons. The number of benzene rings is 1. The molecule has 42 heavy (non-hydrogen) atoms. The maximum Gasteiger partial charge on any atom is 0.263 e. The first-order valence-corrected chi connectivity index (χ1v) is 15.3. The van der Waals surface area contributed by atoms with Crippen LogP contribution in [0.2, 0.25) is 0 Å². The third-order valence-electron chi connectivity index (χ3n) is 9.59. The minimum absolute atomic E-state index is 0.0146. The van der Waals surface area contributed by atoms with E-state index in [1.54, 1.807) is 23.8 Å². The van der Waals surface area contributed by atoms with Gasteiger partial charge in [-0.25, -0.2) is 9.37 Å². The number of rotatable bonds is 5. The second-order valence-electron chi connectivity index (χ2n) is 12.2. The summed E-state index contributed by atoms with van der Waals surface area (Å²) < 4.78 is 23.5. The fourth-order valence-electron chi connectivity index (χ4n) is 7.48. The average Bonchev–Trinajstić information content (AvgIpc) is 3.51. The highest BCUT2D eigenvalue weighted by molar-refractivity contribution is 5.99. The van der Waals surface area contributed by atoms with Crippen LogP contribution in [0.4, 0.5) is 21.7 Å². The van der Waals surface area contributed by atoms with Crippen LogP contribution in [0.3, 0.4) is 0 Å². The van der Waals surface area contributed by atoms with Gasteiger partial charge in [0.15, 0.2) is 11.6 Å². The molecule has 2 N–H and O–H groups in total. The second kappa shape index (κ2) is 10.9. The van der Waals surface area contributed by atoms with Gasteiger partial charge in [0.2, 0.25) is 5.95 Å². The number of piperazine rings is 1. The van der Waals surface area contributed by atoms with Crippen molar-refractivity contribution in [3.63, 3.8) is 0 Å². The van der Waals surface area contributed by atoms with Gasteiger partial charge in [-0.2, -0.15) is 4.98 Å². The number of fused-ring (bicyclic) bond motifs is 4. The van der Waals surface area contributed by atoms with Crippen LogP contribution in [0, 0.1) is 12.7 Å². The molecule has 0 bridgehead atoms. The molecule has 3 aliphatic heterocycles. The van der Waals surface area contributed by atoms with E-state index in [0.29, 0.717) is 46.4 Å². The van der Waals surface area contributed by atoms with Gasteiger partial charge in [-0.3, -0.25) is 19.1 Å². The van der Waals surface area contributed by atoms with E-state index in [1.165, 1.54) is 13.0 Å². The monoisotopic (exact) mass is 575 g/mol. The van der Waals surface area contributed by atoms with Gasteiger partial charge in [0, 0.05) is 55.1 Å². The molecule has 222 valence electrons. The molecule has 11 heteroatoms. The Kier molecular flexibility index (Phi) is 7.09. The quantitative estimate of drug-likeness (QED) is 0.438. The lowest BCUT2D eigenvalue weighted by atomic mass is 10.0. The number of nitrogens with zero attached hydrogens (tertiary/aromatic N) is 5. The Hall–Kier alpha value is -3.57. The first-order chi connectivity index (χ1) is 20.4. The Morgan fingerprint density at radius 1 is 1.10 bits per heavy atom. The van der Waals surface area contributed by atoms with Crippen LogP contribution in [0.25, 0.3) is 11.0 Å². The molecule has 10 nitrogen and oxygen atoms in total. The summed E-state index contributed by atoms with van der Waals surface area (Å²) >= 11 is 0. The van der Waals surface area contributed by atoms with Crippen LogP contribution in [-0.4, -0.2) is 76.6 Å². The van der Waals surface area contributed by atoms with Crippen molar-refractivity contribution in [2.75, 3.05) is 49.5 Å². The molecule has 0 unspecified atom stereocenters. The molecule has 4 aliphatic rings. The number of halogens is 1. The summed E-state index contributed by atoms with van der Waals surface area (Å²) in [5.74, 6) is 0.162. The van der Waals surface area contributed by atoms with Gasteiger partial charge in [0.05, 0.1) is 11.6 Å². The summed E-state index contributed by atoms with van der Waals surface area (Å²) in [5, 5.41) is 7.25. The molecule has 1 atom stereocenters. The molecule has 0 amide bonds. The lowest BCUT2D eigenvalue weighted by Crippen LogP contribution is -2.60. The normalized spacial score (nSPS) is 21.7. The highest BCUT2D eigenvalue weighted by atomic mass is 19.1. The van der Waals surface area contributed by atoms with Crippen molar-refractivity contribution in [2.24, 2.45) is 0 Å². The fraction of sp³-hybridized carbons (Fsp3) is 0.548. The molecular weight excluding hydrogens is 537 g/mol. The molecular formula is C31H38FN7O3. The number of carbonyl (C=O) groups excluding carboxylic acids is 1. The Morgan fingerprint density at radius 2 is 1.88 bits per heavy atom. The summed E-state index contributed by atoms with van der Waals surface area (Å²) in [7, 11) is 0. The molecule has 7 rings (SSSR count). The van der Waals surface area contributed by atoms with Crippen molar-refractivity contribution in [1.29, 1.82) is 0 Å². The molecule has 0 spiro atoms. The fourth-order valence-corrected chi connectivity index (χ4v) is 7.48. The number of hydrogen-bond donors (Lipinski definition) is 2. The lowest BCUT2D eigenvalue weighted by molar-refractivity contribution is 0.101. The predicted molar refractivity (Wildman–Crippen MR) is 160 cm³/mol. The minimum atomic E-state index is -0.347. The van der Waals surface area contributed by atoms with E-state index in [4.69, 9.17) is 9.72 Å². The summed E-state index contributed by atoms with van der Waals surface area (Å²) in [4.78, 5) is 39.9. The minimum Gasteiger partial charge on any atom is -0.489 e. The van der Waals surface area contributed by atoms with E-state index in [9.17, 15) is 9.59 Å². The number of pyridine rings is 1. The van der Waals surface area contributed by atoms with Crippen LogP contribution in [0.15, 0.2) is 23.1 Å². The number of aromatic nitrogens is 3. The van der Waals surface area contributed by atoms with Crippen molar-refractivity contribution < 1.29 is 13.9 Å². The van der Waals surface area contributed by atoms with Crippen molar-refractivity contribution in [3.8, 4) is 5.75 Å². The zero-order valence-corrected chi connectivity index (χ0v) is 24.3. The van der Waals surface area contributed by atoms with Crippen LogP contribution in [-0.2, 0) is 0 Å². The predicted octanol–water partition coefficient (Wildman–Crippen LogP) is 3.94. The largest absolute Gasteiger partial charge is 0.489 e. The smallest absolute Gasteiger partial charge is 0.263 e. The summed E-state index contributed by atoms with van der Waals surface area (Å²) in [6.45, 7) is 8.37. The maximum atomic E-state index is 15.7. The van der Waals surface area contributed by atoms with E-state index < -0.39 is 0 Å². The van der Waals surface area contributed by atoms with Gasteiger partial charge in [-0.15, -0.1) is 0 Å². The zero-order chi connectivity index (χ0) is 29.0. The number of aryl methyl sites for hydroxylation is 1. The van der Waals surface area contributed by atoms with Crippen molar-refractivity contribution in [3.05, 3.63) is 45.6 Å². The van der Waals surface area contributed by atoms with E-state index in [1.807, 2.05) is 0 Å². The number of Topliss-reactive ketones (excluding diaryl/α,β-unsaturated/α-hetero) is 1. The first-order valence-electron chi connectivity index (χ1n) is 15.3. The number of hydrogen-bond acceptors (Lipinski definition) is 9. The highest BCUT2D eigenvalue weighted by Crippen LogP contribution is 2.41. The summed E-state index contributed by atoms with van der Waals surface area (Å²) in [6.07, 6.45) is 7.73. The Balaban J connectivity index is 1.18. The molecule has 1 aromatic carbocycles. The standard InChI is InChI=1S/C31H38FN7O3/c1-18-24-15-34-31(36-29(24)39(22-5-3-4-6-22)30(41)27(18)19(2)40)35-20-13-25(32)28-26(14-20)42-17-23-16-37(11-12-38(23)28)21-7-9-33-10-8-21/h13-15,21-23,33H,3-12,16-17H2,1-2H3,(H,34,35,36)/t23-/m1/s1. The second-order valence-corrected chi connectivity index (χ2v) is 12.2. The van der Waals surface area contributed by atoms with Gasteiger partial charge in [-0.05, 0) is 64.3 Å². The summed E-state index contributed by atoms with van der Waals surface area (Å²) in [5.41, 5.74) is 1.98. The van der Waals surface area contributed by atoms with Crippen LogP contribution >= 0.6 is 0 Å². The number of ketones is 1. The van der Waals surface area contributed by atoms with Crippen LogP contribution in [0.5, 0.6) is 5.75 Å². The number of ether oxygens (including phenoxy) is 1. The Morgan fingerprint density at radius 3 is 2.64 bits per heavy atom. The van der Waals surface area contributed by atoms with E-state index in [2.05, 4.69) is 25.4 Å². The van der Waals surface area contributed by atoms with Gasteiger partial charge < -0.3 is 20.3 Å². The number of anilines is 3. The molecule has 3 aromatic rings. The SMILES string of the molecule is CC(=O)c1c(C)c2cnc(Nc3cc(F)c4c(c3)OC[C@H]3CN(C5CCNCC5)CCN43)nc2n(C2CCCC2)c1=O. The highest BCUT2D eigenvalue weighted by Gasteiger charge is 2.37. The van der Waals surface area contributed by atoms with Crippen molar-refractivity contribution >= 4 is 34.1 Å². The zero-order valence-electron chi connectivity index (χ0n) is 24.3. The molecule has 3 fully saturated rings. The Labute approximate surface area is 244 Å². The maximum absolute atomic E-state index is 15.7. The van der Waals surface area contributed by atoms with Crippen LogP contribution in [0.1, 0.15) is 67.4 Å². The van der Waals surface area contributed by atoms with E-state index in [0.717, 1.165) is 71.2 Å². The number of nitrogens with one attached hydrogen (secondary N) is 2. The van der Waals surface area contributed by atoms with Gasteiger partial charge in [0.1, 0.15) is 23.7 Å². The van der Waals surface area contributed by atoms with Gasteiger partial charge in [-0.1, -0.05) is 12.8 Å². The van der Waals surface area contributed by atoms with Gasteiger partial charge in [0.25, 0.3) is 5.56 Å². The third-order valence-corrected chi connectivity index (χ3v) is 9.59. The topological polar surface area (TPSA) is 105 Å². The summed E-state index contributed by atoms with van der Waals surface area (Å²) in [6, 6.07) is 3.95. The molecule has 5 heterocycles. The lowest BCUT2D eigenvalue weighted by Gasteiger charge is -2.48. The average molecular weight is 576 g/mol. The van der Waals surface area contributed by atoms with Gasteiger partial charge >= 0.3 is 0 Å². The number of carbonyl (C=O) groups is 1. The molecule has 1 aliphatic carbocycles. The third kappa shape index (κ3) is 4.72. The van der Waals surface area contributed by atoms with E-state index in [-0.39, 0.29) is 40.8 Å².